The molecule has 1 atom stereocenters. The van der Waals surface area contributed by atoms with Gasteiger partial charge >= 0.3 is 0 Å². The lowest BCUT2D eigenvalue weighted by Crippen LogP contribution is -2.64. The zero-order chi connectivity index (χ0) is 24.4. The van der Waals surface area contributed by atoms with Crippen molar-refractivity contribution in [2.75, 3.05) is 7.11 Å². The molecule has 1 saturated carbocycles. The van der Waals surface area contributed by atoms with Gasteiger partial charge in [0.05, 0.1) is 13.7 Å². The molecule has 1 aliphatic carbocycles. The third-order valence-corrected chi connectivity index (χ3v) is 7.74. The Kier molecular flexibility index (Phi) is 6.54. The fourth-order valence-corrected chi connectivity index (χ4v) is 5.65. The van der Waals surface area contributed by atoms with E-state index in [-0.39, 0.29) is 17.9 Å². The van der Waals surface area contributed by atoms with E-state index in [9.17, 15) is 9.59 Å². The van der Waals surface area contributed by atoms with Crippen LogP contribution in [0.25, 0.3) is 10.9 Å². The van der Waals surface area contributed by atoms with Crippen LogP contribution in [0.3, 0.4) is 0 Å². The maximum Gasteiger partial charge on any atom is 0.271 e. The first kappa shape index (κ1) is 23.5. The molecule has 2 aliphatic rings. The van der Waals surface area contributed by atoms with Crippen LogP contribution in [0.2, 0.25) is 0 Å². The van der Waals surface area contributed by atoms with Gasteiger partial charge in [0.1, 0.15) is 17.0 Å². The lowest BCUT2D eigenvalue weighted by molar-refractivity contribution is -0.134. The van der Waals surface area contributed by atoms with Crippen molar-refractivity contribution in [2.24, 2.45) is 0 Å². The molecule has 5 rings (SSSR count). The zero-order valence-corrected chi connectivity index (χ0v) is 20.8. The van der Waals surface area contributed by atoms with Crippen molar-refractivity contribution >= 4 is 22.7 Å². The molecule has 35 heavy (non-hydrogen) atoms. The second-order valence-electron chi connectivity index (χ2n) is 10.2. The molecule has 1 unspecified atom stereocenters. The third-order valence-electron chi connectivity index (χ3n) is 7.74. The van der Waals surface area contributed by atoms with Crippen molar-refractivity contribution in [1.82, 2.24) is 14.8 Å². The summed E-state index contributed by atoms with van der Waals surface area (Å²) in [5.74, 6) is 0.551. The van der Waals surface area contributed by atoms with Gasteiger partial charge in [-0.25, -0.2) is 0 Å². The first-order chi connectivity index (χ1) is 17.0. The van der Waals surface area contributed by atoms with Crippen molar-refractivity contribution in [3.63, 3.8) is 0 Å². The molecule has 3 aromatic rings. The van der Waals surface area contributed by atoms with Crippen LogP contribution in [0.4, 0.5) is 0 Å². The van der Waals surface area contributed by atoms with Crippen molar-refractivity contribution < 1.29 is 14.3 Å². The summed E-state index contributed by atoms with van der Waals surface area (Å²) in [6.45, 7) is 2.68. The van der Waals surface area contributed by atoms with Gasteiger partial charge in [0.25, 0.3) is 5.91 Å². The normalized spacial score (nSPS) is 21.3. The maximum absolute atomic E-state index is 14.0. The highest BCUT2D eigenvalue weighted by atomic mass is 16.5. The molecule has 1 fully saturated rings. The number of carbonyl (C=O) groups is 2. The molecule has 6 nitrogen and oxygen atoms in total. The first-order valence-electron chi connectivity index (χ1n) is 12.8. The monoisotopic (exact) mass is 473 g/mol. The predicted molar refractivity (Wildman–Crippen MR) is 137 cm³/mol. The number of nitrogens with zero attached hydrogens (tertiary/aromatic N) is 2. The van der Waals surface area contributed by atoms with Crippen LogP contribution in [0.1, 0.15) is 67.9 Å². The summed E-state index contributed by atoms with van der Waals surface area (Å²) in [6, 6.07) is 17.8. The van der Waals surface area contributed by atoms with Crippen LogP contribution in [-0.2, 0) is 17.9 Å². The van der Waals surface area contributed by atoms with E-state index in [1.165, 1.54) is 19.3 Å². The van der Waals surface area contributed by atoms with Gasteiger partial charge in [0, 0.05) is 23.5 Å². The highest BCUT2D eigenvalue weighted by molar-refractivity contribution is 6.03. The largest absolute Gasteiger partial charge is 0.497 e. The SMILES string of the molecule is COc1cccc(CN2C(=O)c3cc4ccccc4n3CC2(C)C(=O)NC2CCCCCCC2)c1. The number of fused-ring (bicyclic) bond motifs is 3. The Morgan fingerprint density at radius 2 is 1.77 bits per heavy atom. The maximum atomic E-state index is 14.0. The molecule has 1 N–H and O–H groups in total. The van der Waals surface area contributed by atoms with Crippen molar-refractivity contribution in [3.8, 4) is 5.75 Å². The number of nitrogens with one attached hydrogen (secondary N) is 1. The quantitative estimate of drug-likeness (QED) is 0.547. The highest BCUT2D eigenvalue weighted by Gasteiger charge is 2.48. The number of rotatable bonds is 5. The van der Waals surface area contributed by atoms with E-state index in [1.807, 2.05) is 66.1 Å². The Morgan fingerprint density at radius 3 is 2.54 bits per heavy atom. The Bertz CT molecular complexity index is 1220. The molecule has 0 saturated heterocycles. The van der Waals surface area contributed by atoms with Gasteiger partial charge in [0.2, 0.25) is 5.91 Å². The molecule has 0 bridgehead atoms. The minimum Gasteiger partial charge on any atom is -0.497 e. The number of hydrogen-bond acceptors (Lipinski definition) is 3. The molecular weight excluding hydrogens is 438 g/mol. The lowest BCUT2D eigenvalue weighted by atomic mass is 9.91. The fourth-order valence-electron chi connectivity index (χ4n) is 5.65. The highest BCUT2D eigenvalue weighted by Crippen LogP contribution is 2.34. The zero-order valence-electron chi connectivity index (χ0n) is 20.8. The number of benzene rings is 2. The lowest BCUT2D eigenvalue weighted by Gasteiger charge is -2.44. The summed E-state index contributed by atoms with van der Waals surface area (Å²) < 4.78 is 7.43. The topological polar surface area (TPSA) is 63.6 Å². The van der Waals surface area contributed by atoms with Gasteiger partial charge in [-0.3, -0.25) is 9.59 Å². The van der Waals surface area contributed by atoms with E-state index in [4.69, 9.17) is 4.74 Å². The summed E-state index contributed by atoms with van der Waals surface area (Å²) in [5.41, 5.74) is 1.54. The van der Waals surface area contributed by atoms with Gasteiger partial charge in [-0.05, 0) is 49.6 Å². The molecule has 1 aliphatic heterocycles. The van der Waals surface area contributed by atoms with Gasteiger partial charge in [-0.15, -0.1) is 0 Å². The van der Waals surface area contributed by atoms with E-state index in [0.717, 1.165) is 47.9 Å². The van der Waals surface area contributed by atoms with Gasteiger partial charge in [0.15, 0.2) is 0 Å². The Hall–Kier alpha value is -3.28. The number of carbonyl (C=O) groups excluding carboxylic acids is 2. The molecule has 0 radical (unpaired) electrons. The smallest absolute Gasteiger partial charge is 0.271 e. The van der Waals surface area contributed by atoms with Crippen molar-refractivity contribution in [3.05, 3.63) is 65.9 Å². The van der Waals surface area contributed by atoms with Crippen LogP contribution < -0.4 is 10.1 Å². The summed E-state index contributed by atoms with van der Waals surface area (Å²) in [6.07, 6.45) is 8.02. The summed E-state index contributed by atoms with van der Waals surface area (Å²) >= 11 is 0. The van der Waals surface area contributed by atoms with Crippen LogP contribution >= 0.6 is 0 Å². The van der Waals surface area contributed by atoms with Crippen LogP contribution in [0.15, 0.2) is 54.6 Å². The summed E-state index contributed by atoms with van der Waals surface area (Å²) in [5, 5.41) is 4.37. The molecule has 1 aromatic heterocycles. The van der Waals surface area contributed by atoms with Gasteiger partial charge in [-0.1, -0.05) is 62.4 Å². The van der Waals surface area contributed by atoms with Crippen molar-refractivity contribution in [1.29, 1.82) is 0 Å². The second kappa shape index (κ2) is 9.76. The Balaban J connectivity index is 1.51. The minimum absolute atomic E-state index is 0.0669. The number of amides is 2. The van der Waals surface area contributed by atoms with Crippen LogP contribution in [0, 0.1) is 0 Å². The van der Waals surface area contributed by atoms with E-state index >= 15 is 0 Å². The first-order valence-corrected chi connectivity index (χ1v) is 12.8. The van der Waals surface area contributed by atoms with Gasteiger partial charge < -0.3 is 19.5 Å². The Morgan fingerprint density at radius 1 is 1.03 bits per heavy atom. The number of hydrogen-bond donors (Lipinski definition) is 1. The minimum atomic E-state index is -1.02. The predicted octanol–water partition coefficient (Wildman–Crippen LogP) is 5.29. The summed E-state index contributed by atoms with van der Waals surface area (Å²) in [4.78, 5) is 29.7. The molecule has 184 valence electrons. The number of ether oxygens (including phenoxy) is 1. The number of para-hydroxylation sites is 1. The third kappa shape index (κ3) is 4.54. The van der Waals surface area contributed by atoms with E-state index < -0.39 is 5.54 Å². The molecular formula is C29H35N3O3. The number of methoxy groups -OCH3 is 1. The van der Waals surface area contributed by atoms with E-state index in [2.05, 4.69) is 5.32 Å². The fraction of sp³-hybridized carbons (Fsp3) is 0.448. The Labute approximate surface area is 207 Å². The molecule has 2 aromatic carbocycles. The van der Waals surface area contributed by atoms with Crippen LogP contribution in [-0.4, -0.2) is 40.0 Å². The second-order valence-corrected chi connectivity index (χ2v) is 10.2. The van der Waals surface area contributed by atoms with Crippen molar-refractivity contribution in [2.45, 2.75) is 76.5 Å². The van der Waals surface area contributed by atoms with Gasteiger partial charge in [-0.2, -0.15) is 0 Å². The van der Waals surface area contributed by atoms with Crippen LogP contribution in [0.5, 0.6) is 5.75 Å². The van der Waals surface area contributed by atoms with E-state index in [0.29, 0.717) is 18.8 Å². The molecule has 0 spiro atoms. The summed E-state index contributed by atoms with van der Waals surface area (Å²) in [7, 11) is 1.64. The number of aromatic nitrogens is 1. The van der Waals surface area contributed by atoms with E-state index in [1.54, 1.807) is 12.0 Å². The average Bonchev–Trinajstić information content (AvgIpc) is 3.22. The average molecular weight is 474 g/mol. The standard InChI is InChI=1S/C29H35N3O3/c1-29(28(34)30-23-13-6-4-3-5-7-14-23)20-31-25-16-9-8-12-22(25)18-26(31)27(33)32(29)19-21-11-10-15-24(17-21)35-2/h8-12,15-18,23H,3-7,13-14,19-20H2,1-2H3,(H,30,34). The molecule has 2 heterocycles. The molecule has 6 heteroatoms. The molecule has 2 amide bonds.